The molecule has 0 aromatic heterocycles. The molecular formula is C19H27Cl2N4P. The number of halogens is 2. The molecule has 4 nitrogen and oxygen atoms in total. The molecule has 2 N–H and O–H groups in total. The molecule has 142 valence electrons. The number of hydrogen-bond donors (Lipinski definition) is 2. The zero-order chi connectivity index (χ0) is 18.4. The first-order valence-electron chi connectivity index (χ1n) is 9.10. The monoisotopic (exact) mass is 412 g/mol. The van der Waals surface area contributed by atoms with Gasteiger partial charge in [0.05, 0.1) is 12.6 Å². The molecule has 1 aliphatic rings. The number of benzene rings is 2. The third kappa shape index (κ3) is 4.48. The third-order valence-corrected chi connectivity index (χ3v) is 8.38. The van der Waals surface area contributed by atoms with Crippen molar-refractivity contribution in [1.82, 2.24) is 4.90 Å². The molecule has 0 bridgehead atoms. The summed E-state index contributed by atoms with van der Waals surface area (Å²) >= 11 is 12.0. The Morgan fingerprint density at radius 1 is 1.00 bits per heavy atom. The van der Waals surface area contributed by atoms with Crippen molar-refractivity contribution >= 4 is 52.4 Å². The van der Waals surface area contributed by atoms with Gasteiger partial charge in [-0.2, -0.15) is 0 Å². The lowest BCUT2D eigenvalue weighted by atomic mass is 10.1. The number of anilines is 2. The molecule has 0 amide bonds. The fourth-order valence-corrected chi connectivity index (χ4v) is 7.20. The fourth-order valence-electron chi connectivity index (χ4n) is 3.57. The molecule has 0 radical (unpaired) electrons. The Balaban J connectivity index is 1.94. The molecule has 26 heavy (non-hydrogen) atoms. The minimum absolute atomic E-state index is 0.617. The van der Waals surface area contributed by atoms with E-state index in [0.29, 0.717) is 11.8 Å². The Morgan fingerprint density at radius 3 is 2.08 bits per heavy atom. The molecule has 2 aromatic carbocycles. The lowest BCUT2D eigenvalue weighted by Crippen LogP contribution is -2.32. The SMILES string of the molecule is CCN=P1(CN(CCCl)CCCl)CNc2cccc3cccc(c23)NC1. The van der Waals surface area contributed by atoms with Gasteiger partial charge in [0.2, 0.25) is 0 Å². The molecule has 2 aromatic rings. The van der Waals surface area contributed by atoms with E-state index >= 15 is 0 Å². The minimum Gasteiger partial charge on any atom is -0.379 e. The van der Waals surface area contributed by atoms with E-state index in [1.807, 2.05) is 0 Å². The van der Waals surface area contributed by atoms with Crippen molar-refractivity contribution in [1.29, 1.82) is 0 Å². The average Bonchev–Trinajstić information content (AvgIpc) is 2.64. The van der Waals surface area contributed by atoms with Gasteiger partial charge in [0.15, 0.2) is 0 Å². The molecule has 3 rings (SSSR count). The van der Waals surface area contributed by atoms with Crippen LogP contribution in [-0.4, -0.2) is 55.2 Å². The van der Waals surface area contributed by atoms with Crippen LogP contribution in [0.4, 0.5) is 11.4 Å². The van der Waals surface area contributed by atoms with Crippen molar-refractivity contribution in [3.63, 3.8) is 0 Å². The second-order valence-electron chi connectivity index (χ2n) is 6.57. The largest absolute Gasteiger partial charge is 0.379 e. The normalized spacial score (nSPS) is 15.8. The minimum atomic E-state index is -1.63. The van der Waals surface area contributed by atoms with Crippen LogP contribution in [0.5, 0.6) is 0 Å². The number of alkyl halides is 2. The third-order valence-electron chi connectivity index (χ3n) is 4.74. The zero-order valence-electron chi connectivity index (χ0n) is 15.2. The van der Waals surface area contributed by atoms with Crippen LogP contribution in [0.15, 0.2) is 41.1 Å². The summed E-state index contributed by atoms with van der Waals surface area (Å²) in [5, 5.41) is 9.96. The summed E-state index contributed by atoms with van der Waals surface area (Å²) in [5.74, 6) is 1.23. The Kier molecular flexibility index (Phi) is 7.11. The highest BCUT2D eigenvalue weighted by atomic mass is 35.5. The van der Waals surface area contributed by atoms with E-state index in [2.05, 4.69) is 58.9 Å². The standard InChI is InChI=1S/C19H27Cl2N4P/c1-2-24-26(15-25(11-9-20)12-10-21)13-22-17-7-3-5-16-6-4-8-18(19(16)17)23-14-26/h3-8,22-23H,2,9-15H2,1H3. The summed E-state index contributed by atoms with van der Waals surface area (Å²) in [6.45, 7) is 4.66. The molecule has 0 aliphatic carbocycles. The highest BCUT2D eigenvalue weighted by molar-refractivity contribution is 7.66. The number of nitrogens with one attached hydrogen (secondary N) is 2. The highest BCUT2D eigenvalue weighted by Gasteiger charge is 2.25. The average molecular weight is 413 g/mol. The lowest BCUT2D eigenvalue weighted by molar-refractivity contribution is 0.358. The van der Waals surface area contributed by atoms with Crippen LogP contribution in [0.2, 0.25) is 0 Å². The Morgan fingerprint density at radius 2 is 1.58 bits per heavy atom. The van der Waals surface area contributed by atoms with E-state index < -0.39 is 7.05 Å². The lowest BCUT2D eigenvalue weighted by Gasteiger charge is -2.34. The molecule has 7 heteroatoms. The summed E-state index contributed by atoms with van der Waals surface area (Å²) < 4.78 is 5.12. The predicted octanol–water partition coefficient (Wildman–Crippen LogP) is 5.55. The van der Waals surface area contributed by atoms with Gasteiger partial charge < -0.3 is 10.6 Å². The van der Waals surface area contributed by atoms with Crippen LogP contribution in [-0.2, 0) is 0 Å². The van der Waals surface area contributed by atoms with E-state index in [9.17, 15) is 0 Å². The smallest absolute Gasteiger partial charge is 0.0526 e. The van der Waals surface area contributed by atoms with E-state index in [-0.39, 0.29) is 0 Å². The van der Waals surface area contributed by atoms with Gasteiger partial charge in [-0.05, 0) is 24.4 Å². The number of rotatable bonds is 7. The Hall–Kier alpha value is -0.930. The number of hydrogen-bond acceptors (Lipinski definition) is 4. The maximum Gasteiger partial charge on any atom is 0.0526 e. The van der Waals surface area contributed by atoms with Crippen molar-refractivity contribution in [2.45, 2.75) is 6.92 Å². The number of nitrogens with zero attached hydrogens (tertiary/aromatic N) is 2. The first kappa shape index (κ1) is 19.8. The van der Waals surface area contributed by atoms with Crippen LogP contribution >= 0.6 is 30.3 Å². The molecule has 0 saturated carbocycles. The van der Waals surface area contributed by atoms with E-state index in [1.165, 1.54) is 22.1 Å². The maximum atomic E-state index is 6.02. The van der Waals surface area contributed by atoms with E-state index in [0.717, 1.165) is 38.5 Å². The highest BCUT2D eigenvalue weighted by Crippen LogP contribution is 2.51. The first-order valence-corrected chi connectivity index (χ1v) is 12.5. The molecular weight excluding hydrogens is 386 g/mol. The molecule has 0 unspecified atom stereocenters. The van der Waals surface area contributed by atoms with Gasteiger partial charge in [0, 0.05) is 61.5 Å². The molecule has 0 fully saturated rings. The molecule has 0 spiro atoms. The van der Waals surface area contributed by atoms with Gasteiger partial charge in [0.25, 0.3) is 0 Å². The Labute approximate surface area is 166 Å². The first-order chi connectivity index (χ1) is 12.7. The summed E-state index contributed by atoms with van der Waals surface area (Å²) in [6, 6.07) is 12.9. The fraction of sp³-hybridized carbons (Fsp3) is 0.474. The van der Waals surface area contributed by atoms with Crippen LogP contribution in [0.25, 0.3) is 10.8 Å². The summed E-state index contributed by atoms with van der Waals surface area (Å²) in [4.78, 5) is 2.37. The van der Waals surface area contributed by atoms with Gasteiger partial charge in [-0.15, -0.1) is 23.2 Å². The molecule has 1 aliphatic heterocycles. The van der Waals surface area contributed by atoms with Crippen molar-refractivity contribution in [2.75, 3.05) is 60.9 Å². The van der Waals surface area contributed by atoms with Crippen molar-refractivity contribution in [2.24, 2.45) is 4.74 Å². The van der Waals surface area contributed by atoms with Gasteiger partial charge in [-0.1, -0.05) is 24.3 Å². The zero-order valence-corrected chi connectivity index (χ0v) is 17.6. The van der Waals surface area contributed by atoms with E-state index in [1.54, 1.807) is 0 Å². The Bertz CT molecular complexity index is 743. The van der Waals surface area contributed by atoms with Crippen LogP contribution in [0.1, 0.15) is 6.92 Å². The molecule has 1 heterocycles. The maximum absolute atomic E-state index is 6.02. The van der Waals surface area contributed by atoms with Gasteiger partial charge in [-0.25, -0.2) is 0 Å². The van der Waals surface area contributed by atoms with Crippen LogP contribution < -0.4 is 10.6 Å². The summed E-state index contributed by atoms with van der Waals surface area (Å²) in [7, 11) is -1.63. The van der Waals surface area contributed by atoms with Crippen molar-refractivity contribution in [3.05, 3.63) is 36.4 Å². The topological polar surface area (TPSA) is 39.7 Å². The molecule has 0 saturated heterocycles. The van der Waals surface area contributed by atoms with Crippen LogP contribution in [0, 0.1) is 0 Å². The van der Waals surface area contributed by atoms with Gasteiger partial charge >= 0.3 is 0 Å². The van der Waals surface area contributed by atoms with Gasteiger partial charge in [0.1, 0.15) is 0 Å². The second kappa shape index (κ2) is 9.32. The van der Waals surface area contributed by atoms with E-state index in [4.69, 9.17) is 27.9 Å². The summed E-state index contributed by atoms with van der Waals surface area (Å²) in [6.07, 6.45) is 2.73. The summed E-state index contributed by atoms with van der Waals surface area (Å²) in [5.41, 5.74) is 2.37. The van der Waals surface area contributed by atoms with Crippen molar-refractivity contribution < 1.29 is 0 Å². The van der Waals surface area contributed by atoms with Crippen molar-refractivity contribution in [3.8, 4) is 0 Å². The second-order valence-corrected chi connectivity index (χ2v) is 10.7. The van der Waals surface area contributed by atoms with Crippen LogP contribution in [0.3, 0.4) is 0 Å². The predicted molar refractivity (Wildman–Crippen MR) is 119 cm³/mol. The quantitative estimate of drug-likeness (QED) is 0.462. The van der Waals surface area contributed by atoms with Gasteiger partial charge in [-0.3, -0.25) is 9.64 Å². The molecule has 0 atom stereocenters.